The molecule has 0 aliphatic carbocycles. The number of anilines is 1. The highest BCUT2D eigenvalue weighted by Crippen LogP contribution is 2.21. The Morgan fingerprint density at radius 3 is 2.72 bits per heavy atom. The minimum atomic E-state index is -0.890. The third-order valence-corrected chi connectivity index (χ3v) is 2.91. The van der Waals surface area contributed by atoms with E-state index in [4.69, 9.17) is 5.11 Å². The Labute approximate surface area is 106 Å². The zero-order valence-electron chi connectivity index (χ0n) is 10.7. The standard InChI is InChI=1S/C14H16N2O2/c1-8-4-5-11-9(2)7-13(16-12(11)6-8)15-10(3)14(17)18/h4-7,10H,1-3H3,(H,15,16)(H,17,18)/t10-/m0/s1. The van der Waals surface area contributed by atoms with Crippen molar-refractivity contribution < 1.29 is 9.90 Å². The van der Waals surface area contributed by atoms with Crippen LogP contribution in [-0.2, 0) is 4.79 Å². The van der Waals surface area contributed by atoms with Gasteiger partial charge in [0.25, 0.3) is 0 Å². The number of aliphatic carboxylic acids is 1. The lowest BCUT2D eigenvalue weighted by Crippen LogP contribution is -2.25. The van der Waals surface area contributed by atoms with Crippen LogP contribution in [0, 0.1) is 13.8 Å². The summed E-state index contributed by atoms with van der Waals surface area (Å²) in [5.41, 5.74) is 3.10. The molecule has 94 valence electrons. The summed E-state index contributed by atoms with van der Waals surface area (Å²) in [6, 6.07) is 7.30. The maximum atomic E-state index is 10.8. The van der Waals surface area contributed by atoms with E-state index < -0.39 is 12.0 Å². The maximum absolute atomic E-state index is 10.8. The SMILES string of the molecule is Cc1ccc2c(C)cc(N[C@@H](C)C(=O)O)nc2c1. The minimum absolute atomic E-state index is 0.598. The number of rotatable bonds is 3. The first-order chi connectivity index (χ1) is 8.47. The number of aryl methyl sites for hydroxylation is 2. The van der Waals surface area contributed by atoms with Gasteiger partial charge in [-0.05, 0) is 44.0 Å². The molecule has 18 heavy (non-hydrogen) atoms. The second-order valence-corrected chi connectivity index (χ2v) is 4.55. The molecule has 0 aliphatic rings. The number of fused-ring (bicyclic) bond motifs is 1. The van der Waals surface area contributed by atoms with E-state index >= 15 is 0 Å². The van der Waals surface area contributed by atoms with E-state index in [0.717, 1.165) is 22.0 Å². The Balaban J connectivity index is 2.44. The molecule has 1 heterocycles. The first-order valence-corrected chi connectivity index (χ1v) is 5.85. The van der Waals surface area contributed by atoms with E-state index in [9.17, 15) is 4.79 Å². The van der Waals surface area contributed by atoms with Gasteiger partial charge in [-0.2, -0.15) is 0 Å². The van der Waals surface area contributed by atoms with Gasteiger partial charge in [0.05, 0.1) is 5.52 Å². The Hall–Kier alpha value is -2.10. The average molecular weight is 244 g/mol. The number of carbonyl (C=O) groups is 1. The molecule has 1 aromatic carbocycles. The molecular formula is C14H16N2O2. The molecule has 0 unspecified atom stereocenters. The lowest BCUT2D eigenvalue weighted by Gasteiger charge is -2.12. The maximum Gasteiger partial charge on any atom is 0.325 e. The topological polar surface area (TPSA) is 62.2 Å². The fraction of sp³-hybridized carbons (Fsp3) is 0.286. The summed E-state index contributed by atoms with van der Waals surface area (Å²) in [6.07, 6.45) is 0. The van der Waals surface area contributed by atoms with E-state index in [1.54, 1.807) is 6.92 Å². The molecule has 0 spiro atoms. The third kappa shape index (κ3) is 2.42. The largest absolute Gasteiger partial charge is 0.480 e. The summed E-state index contributed by atoms with van der Waals surface area (Å²) >= 11 is 0. The Bertz CT molecular complexity index is 608. The number of aromatic nitrogens is 1. The first kappa shape index (κ1) is 12.4. The summed E-state index contributed by atoms with van der Waals surface area (Å²) in [6.45, 7) is 5.60. The molecule has 2 rings (SSSR count). The van der Waals surface area contributed by atoms with E-state index in [0.29, 0.717) is 5.82 Å². The summed E-state index contributed by atoms with van der Waals surface area (Å²) in [5, 5.41) is 12.9. The van der Waals surface area contributed by atoms with Crippen molar-refractivity contribution in [3.8, 4) is 0 Å². The number of hydrogen-bond acceptors (Lipinski definition) is 3. The first-order valence-electron chi connectivity index (χ1n) is 5.85. The van der Waals surface area contributed by atoms with Gasteiger partial charge in [0.2, 0.25) is 0 Å². The molecule has 0 bridgehead atoms. The molecule has 0 saturated heterocycles. The van der Waals surface area contributed by atoms with Gasteiger partial charge in [0.1, 0.15) is 11.9 Å². The molecule has 4 nitrogen and oxygen atoms in total. The molecule has 0 saturated carbocycles. The van der Waals surface area contributed by atoms with Crippen molar-refractivity contribution in [2.45, 2.75) is 26.8 Å². The van der Waals surface area contributed by atoms with Crippen molar-refractivity contribution in [3.63, 3.8) is 0 Å². The Kier molecular flexibility index (Phi) is 3.19. The quantitative estimate of drug-likeness (QED) is 0.871. The van der Waals surface area contributed by atoms with Gasteiger partial charge in [-0.3, -0.25) is 4.79 Å². The molecule has 0 radical (unpaired) electrons. The number of carboxylic acid groups (broad SMARTS) is 1. The van der Waals surface area contributed by atoms with Crippen molar-refractivity contribution >= 4 is 22.7 Å². The van der Waals surface area contributed by atoms with E-state index in [-0.39, 0.29) is 0 Å². The summed E-state index contributed by atoms with van der Waals surface area (Å²) in [7, 11) is 0. The molecule has 0 fully saturated rings. The van der Waals surface area contributed by atoms with E-state index in [2.05, 4.69) is 10.3 Å². The van der Waals surface area contributed by atoms with Crippen molar-refractivity contribution in [1.82, 2.24) is 4.98 Å². The second-order valence-electron chi connectivity index (χ2n) is 4.55. The molecule has 1 aromatic heterocycles. The van der Waals surface area contributed by atoms with Gasteiger partial charge >= 0.3 is 5.97 Å². The normalized spacial score (nSPS) is 12.4. The van der Waals surface area contributed by atoms with Gasteiger partial charge in [-0.15, -0.1) is 0 Å². The number of nitrogens with one attached hydrogen (secondary N) is 1. The van der Waals surface area contributed by atoms with Crippen molar-refractivity contribution in [2.24, 2.45) is 0 Å². The van der Waals surface area contributed by atoms with Gasteiger partial charge in [-0.1, -0.05) is 12.1 Å². The number of carboxylic acids is 1. The molecular weight excluding hydrogens is 228 g/mol. The summed E-state index contributed by atoms with van der Waals surface area (Å²) in [4.78, 5) is 15.3. The van der Waals surface area contributed by atoms with Crippen LogP contribution < -0.4 is 5.32 Å². The predicted octanol–water partition coefficient (Wildman–Crippen LogP) is 2.74. The van der Waals surface area contributed by atoms with Crippen LogP contribution in [0.2, 0.25) is 0 Å². The highest BCUT2D eigenvalue weighted by atomic mass is 16.4. The fourth-order valence-electron chi connectivity index (χ4n) is 1.87. The van der Waals surface area contributed by atoms with Crippen LogP contribution in [0.1, 0.15) is 18.1 Å². The van der Waals surface area contributed by atoms with Gasteiger partial charge in [-0.25, -0.2) is 4.98 Å². The number of nitrogens with zero attached hydrogens (tertiary/aromatic N) is 1. The van der Waals surface area contributed by atoms with Crippen LogP contribution in [0.3, 0.4) is 0 Å². The smallest absolute Gasteiger partial charge is 0.325 e. The molecule has 2 N–H and O–H groups in total. The summed E-state index contributed by atoms with van der Waals surface area (Å²) in [5.74, 6) is -0.292. The zero-order valence-corrected chi connectivity index (χ0v) is 10.7. The highest BCUT2D eigenvalue weighted by molar-refractivity contribution is 5.85. The van der Waals surface area contributed by atoms with E-state index in [1.807, 2.05) is 38.1 Å². The highest BCUT2D eigenvalue weighted by Gasteiger charge is 2.11. The molecule has 0 amide bonds. The van der Waals surface area contributed by atoms with Crippen molar-refractivity contribution in [2.75, 3.05) is 5.32 Å². The second kappa shape index (κ2) is 4.64. The zero-order chi connectivity index (χ0) is 13.3. The molecule has 2 aromatic rings. The van der Waals surface area contributed by atoms with Gasteiger partial charge in [0, 0.05) is 5.39 Å². The lowest BCUT2D eigenvalue weighted by atomic mass is 10.1. The molecule has 0 aliphatic heterocycles. The average Bonchev–Trinajstić information content (AvgIpc) is 2.27. The van der Waals surface area contributed by atoms with Crippen LogP contribution in [0.5, 0.6) is 0 Å². The number of hydrogen-bond donors (Lipinski definition) is 2. The Morgan fingerprint density at radius 1 is 1.33 bits per heavy atom. The summed E-state index contributed by atoms with van der Waals surface area (Å²) < 4.78 is 0. The number of pyridine rings is 1. The van der Waals surface area contributed by atoms with Crippen LogP contribution >= 0.6 is 0 Å². The molecule has 4 heteroatoms. The minimum Gasteiger partial charge on any atom is -0.480 e. The fourth-order valence-corrected chi connectivity index (χ4v) is 1.87. The van der Waals surface area contributed by atoms with Crippen LogP contribution in [0.15, 0.2) is 24.3 Å². The Morgan fingerprint density at radius 2 is 2.06 bits per heavy atom. The predicted molar refractivity (Wildman–Crippen MR) is 71.9 cm³/mol. The van der Waals surface area contributed by atoms with Gasteiger partial charge < -0.3 is 10.4 Å². The van der Waals surface area contributed by atoms with Crippen LogP contribution in [0.4, 0.5) is 5.82 Å². The van der Waals surface area contributed by atoms with Crippen molar-refractivity contribution in [1.29, 1.82) is 0 Å². The van der Waals surface area contributed by atoms with Gasteiger partial charge in [0.15, 0.2) is 0 Å². The monoisotopic (exact) mass is 244 g/mol. The lowest BCUT2D eigenvalue weighted by molar-refractivity contribution is -0.137. The number of benzene rings is 1. The molecule has 1 atom stereocenters. The van der Waals surface area contributed by atoms with Crippen molar-refractivity contribution in [3.05, 3.63) is 35.4 Å². The third-order valence-electron chi connectivity index (χ3n) is 2.91. The van der Waals surface area contributed by atoms with Crippen LogP contribution in [0.25, 0.3) is 10.9 Å². The van der Waals surface area contributed by atoms with E-state index in [1.165, 1.54) is 0 Å². The van der Waals surface area contributed by atoms with Crippen LogP contribution in [-0.4, -0.2) is 22.1 Å².